The summed E-state index contributed by atoms with van der Waals surface area (Å²) in [6, 6.07) is 7.64. The van der Waals surface area contributed by atoms with Crippen LogP contribution in [0.5, 0.6) is 5.75 Å². The standard InChI is InChI=1S/C19H16BrF2NO3/c20-15-3-1-2-13(18(15)25)19(26)23-8-6-11(7-9-23)17(24)14-10-12(21)4-5-16(14)22/h1-5,10-11,25H,6-9H2. The number of phenolic OH excluding ortho intramolecular Hbond substituents is 1. The zero-order valence-electron chi connectivity index (χ0n) is 13.7. The number of hydrogen-bond donors (Lipinski definition) is 1. The minimum Gasteiger partial charge on any atom is -0.506 e. The highest BCUT2D eigenvalue weighted by molar-refractivity contribution is 9.10. The Balaban J connectivity index is 1.69. The molecule has 1 fully saturated rings. The van der Waals surface area contributed by atoms with Crippen molar-refractivity contribution in [1.29, 1.82) is 0 Å². The van der Waals surface area contributed by atoms with Crippen molar-refractivity contribution in [3.05, 3.63) is 63.6 Å². The lowest BCUT2D eigenvalue weighted by Gasteiger charge is -2.31. The summed E-state index contributed by atoms with van der Waals surface area (Å²) in [6.07, 6.45) is 0.713. The van der Waals surface area contributed by atoms with E-state index in [0.717, 1.165) is 18.2 Å². The average Bonchev–Trinajstić information content (AvgIpc) is 2.65. The molecule has 0 bridgehead atoms. The Labute approximate surface area is 157 Å². The maximum atomic E-state index is 13.8. The maximum absolute atomic E-state index is 13.8. The number of Topliss-reactive ketones (excluding diaryl/α,β-unsaturated/α-hetero) is 1. The van der Waals surface area contributed by atoms with E-state index in [1.807, 2.05) is 0 Å². The number of benzene rings is 2. The van der Waals surface area contributed by atoms with Gasteiger partial charge in [-0.25, -0.2) is 8.78 Å². The number of aromatic hydroxyl groups is 1. The first-order chi connectivity index (χ1) is 12.4. The van der Waals surface area contributed by atoms with Crippen LogP contribution in [-0.2, 0) is 0 Å². The van der Waals surface area contributed by atoms with Crippen molar-refractivity contribution >= 4 is 27.6 Å². The lowest BCUT2D eigenvalue weighted by molar-refractivity contribution is 0.0646. The Hall–Kier alpha value is -2.28. The van der Waals surface area contributed by atoms with Crippen molar-refractivity contribution in [2.75, 3.05) is 13.1 Å². The summed E-state index contributed by atoms with van der Waals surface area (Å²) in [5.41, 5.74) is -0.0697. The van der Waals surface area contributed by atoms with Crippen LogP contribution in [0.1, 0.15) is 33.6 Å². The molecule has 2 aromatic carbocycles. The molecule has 0 spiro atoms. The number of phenols is 1. The smallest absolute Gasteiger partial charge is 0.257 e. The summed E-state index contributed by atoms with van der Waals surface area (Å²) in [7, 11) is 0. The Kier molecular flexibility index (Phi) is 5.36. The van der Waals surface area contributed by atoms with Gasteiger partial charge in [-0.3, -0.25) is 9.59 Å². The topological polar surface area (TPSA) is 57.6 Å². The normalized spacial score (nSPS) is 15.1. The van der Waals surface area contributed by atoms with Crippen molar-refractivity contribution < 1.29 is 23.5 Å². The highest BCUT2D eigenvalue weighted by Gasteiger charge is 2.30. The molecule has 0 unspecified atom stereocenters. The summed E-state index contributed by atoms with van der Waals surface area (Å²) in [5, 5.41) is 10.0. The third kappa shape index (κ3) is 3.62. The van der Waals surface area contributed by atoms with Gasteiger partial charge in [0.2, 0.25) is 0 Å². The molecular weight excluding hydrogens is 408 g/mol. The van der Waals surface area contributed by atoms with Crippen molar-refractivity contribution in [3.63, 3.8) is 0 Å². The van der Waals surface area contributed by atoms with Crippen LogP contribution in [0.25, 0.3) is 0 Å². The van der Waals surface area contributed by atoms with Crippen LogP contribution >= 0.6 is 15.9 Å². The number of halogens is 3. The molecule has 0 saturated carbocycles. The molecule has 4 nitrogen and oxygen atoms in total. The summed E-state index contributed by atoms with van der Waals surface area (Å²) in [4.78, 5) is 26.6. The van der Waals surface area contributed by atoms with E-state index < -0.39 is 23.3 Å². The monoisotopic (exact) mass is 423 g/mol. The molecule has 0 radical (unpaired) electrons. The Morgan fingerprint density at radius 2 is 1.77 bits per heavy atom. The van der Waals surface area contributed by atoms with Crippen molar-refractivity contribution in [1.82, 2.24) is 4.90 Å². The van der Waals surface area contributed by atoms with Gasteiger partial charge in [0.25, 0.3) is 5.91 Å². The predicted molar refractivity (Wildman–Crippen MR) is 95.1 cm³/mol. The van der Waals surface area contributed by atoms with Gasteiger partial charge in [-0.1, -0.05) is 6.07 Å². The molecule has 136 valence electrons. The summed E-state index contributed by atoms with van der Waals surface area (Å²) >= 11 is 3.17. The van der Waals surface area contributed by atoms with Crippen LogP contribution in [0, 0.1) is 17.6 Å². The van der Waals surface area contributed by atoms with Crippen molar-refractivity contribution in [3.8, 4) is 5.75 Å². The Morgan fingerprint density at radius 3 is 2.46 bits per heavy atom. The number of rotatable bonds is 3. The lowest BCUT2D eigenvalue weighted by atomic mass is 9.88. The van der Waals surface area contributed by atoms with Crippen LogP contribution in [0.2, 0.25) is 0 Å². The number of carbonyl (C=O) groups is 2. The second-order valence-corrected chi connectivity index (χ2v) is 7.05. The highest BCUT2D eigenvalue weighted by atomic mass is 79.9. The molecule has 0 aliphatic carbocycles. The fraction of sp³-hybridized carbons (Fsp3) is 0.263. The number of piperidine rings is 1. The number of nitrogens with zero attached hydrogens (tertiary/aromatic N) is 1. The largest absolute Gasteiger partial charge is 0.506 e. The first kappa shape index (κ1) is 18.5. The number of carbonyl (C=O) groups excluding carboxylic acids is 2. The lowest BCUT2D eigenvalue weighted by Crippen LogP contribution is -2.40. The van der Waals surface area contributed by atoms with E-state index >= 15 is 0 Å². The molecule has 0 aromatic heterocycles. The van der Waals surface area contributed by atoms with Gasteiger partial charge in [-0.05, 0) is 59.1 Å². The average molecular weight is 424 g/mol. The van der Waals surface area contributed by atoms with Gasteiger partial charge in [0.15, 0.2) is 5.78 Å². The molecule has 3 rings (SSSR count). The van der Waals surface area contributed by atoms with Crippen molar-refractivity contribution in [2.45, 2.75) is 12.8 Å². The van der Waals surface area contributed by atoms with Gasteiger partial charge < -0.3 is 10.0 Å². The SMILES string of the molecule is O=C(c1cc(F)ccc1F)C1CCN(C(=O)c2cccc(Br)c2O)CC1. The van der Waals surface area contributed by atoms with Gasteiger partial charge >= 0.3 is 0 Å². The van der Waals surface area contributed by atoms with Crippen LogP contribution in [0.3, 0.4) is 0 Å². The van der Waals surface area contributed by atoms with Gasteiger partial charge in [0.1, 0.15) is 17.4 Å². The molecule has 1 heterocycles. The second-order valence-electron chi connectivity index (χ2n) is 6.19. The van der Waals surface area contributed by atoms with Crippen LogP contribution in [0.15, 0.2) is 40.9 Å². The van der Waals surface area contributed by atoms with Gasteiger partial charge in [0.05, 0.1) is 15.6 Å². The first-order valence-electron chi connectivity index (χ1n) is 8.14. The number of ketones is 1. The third-order valence-electron chi connectivity index (χ3n) is 4.56. The Bertz CT molecular complexity index is 842. The minimum absolute atomic E-state index is 0.127. The van der Waals surface area contributed by atoms with E-state index in [4.69, 9.17) is 0 Å². The summed E-state index contributed by atoms with van der Waals surface area (Å²) in [5.74, 6) is -2.77. The quantitative estimate of drug-likeness (QED) is 0.753. The highest BCUT2D eigenvalue weighted by Crippen LogP contribution is 2.30. The summed E-state index contributed by atoms with van der Waals surface area (Å²) in [6.45, 7) is 0.607. The predicted octanol–water partition coefficient (Wildman–Crippen LogP) is 4.17. The van der Waals surface area contributed by atoms with Crippen LogP contribution in [0.4, 0.5) is 8.78 Å². The molecule has 1 amide bonds. The van der Waals surface area contributed by atoms with E-state index in [1.54, 1.807) is 17.0 Å². The van der Waals surface area contributed by atoms with E-state index in [2.05, 4.69) is 15.9 Å². The zero-order chi connectivity index (χ0) is 18.8. The number of amides is 1. The molecule has 26 heavy (non-hydrogen) atoms. The summed E-state index contributed by atoms with van der Waals surface area (Å²) < 4.78 is 27.5. The van der Waals surface area contributed by atoms with E-state index in [1.165, 1.54) is 6.07 Å². The molecule has 1 N–H and O–H groups in total. The number of para-hydroxylation sites is 1. The first-order valence-corrected chi connectivity index (χ1v) is 8.94. The third-order valence-corrected chi connectivity index (χ3v) is 5.20. The fourth-order valence-electron chi connectivity index (χ4n) is 3.11. The minimum atomic E-state index is -0.742. The molecular formula is C19H16BrF2NO3. The molecule has 1 saturated heterocycles. The van der Waals surface area contributed by atoms with Crippen LogP contribution in [-0.4, -0.2) is 34.8 Å². The van der Waals surface area contributed by atoms with Gasteiger partial charge in [-0.15, -0.1) is 0 Å². The molecule has 7 heteroatoms. The second kappa shape index (κ2) is 7.53. The van der Waals surface area contributed by atoms with E-state index in [0.29, 0.717) is 30.4 Å². The molecule has 0 atom stereocenters. The van der Waals surface area contributed by atoms with E-state index in [-0.39, 0.29) is 22.8 Å². The maximum Gasteiger partial charge on any atom is 0.257 e. The molecule has 1 aliphatic rings. The molecule has 2 aromatic rings. The van der Waals surface area contributed by atoms with Gasteiger partial charge in [-0.2, -0.15) is 0 Å². The van der Waals surface area contributed by atoms with Crippen molar-refractivity contribution in [2.24, 2.45) is 5.92 Å². The van der Waals surface area contributed by atoms with Crippen LogP contribution < -0.4 is 0 Å². The van der Waals surface area contributed by atoms with Gasteiger partial charge in [0, 0.05) is 19.0 Å². The molecule has 1 aliphatic heterocycles. The van der Waals surface area contributed by atoms with E-state index in [9.17, 15) is 23.5 Å². The fourth-order valence-corrected chi connectivity index (χ4v) is 3.48. The number of hydrogen-bond acceptors (Lipinski definition) is 3. The zero-order valence-corrected chi connectivity index (χ0v) is 15.3. The number of likely N-dealkylation sites (tertiary alicyclic amines) is 1. The Morgan fingerprint density at radius 1 is 1.08 bits per heavy atom.